The Morgan fingerprint density at radius 3 is 2.76 bits per heavy atom. The highest BCUT2D eigenvalue weighted by atomic mass is 79.9. The zero-order valence-corrected chi connectivity index (χ0v) is 11.1. The van der Waals surface area contributed by atoms with E-state index in [9.17, 15) is 4.79 Å². The van der Waals surface area contributed by atoms with Crippen molar-refractivity contribution in [2.45, 2.75) is 25.7 Å². The summed E-state index contributed by atoms with van der Waals surface area (Å²) in [7, 11) is 0. The number of terminal acetylenes is 1. The molecule has 1 aromatic carbocycles. The summed E-state index contributed by atoms with van der Waals surface area (Å²) in [5, 5.41) is 9.16. The first-order valence-electron chi connectivity index (χ1n) is 5.55. The fraction of sp³-hybridized carbons (Fsp3) is 0.357. The third-order valence-corrected chi connectivity index (χ3v) is 3.42. The van der Waals surface area contributed by atoms with Gasteiger partial charge in [-0.15, -0.1) is 12.3 Å². The van der Waals surface area contributed by atoms with E-state index < -0.39 is 5.97 Å². The van der Waals surface area contributed by atoms with E-state index in [4.69, 9.17) is 11.5 Å². The lowest BCUT2D eigenvalue weighted by molar-refractivity contribution is -0.141. The average Bonchev–Trinajstić information content (AvgIpc) is 2.30. The van der Waals surface area contributed by atoms with Crippen molar-refractivity contribution in [3.8, 4) is 12.3 Å². The lowest BCUT2D eigenvalue weighted by Gasteiger charge is -2.12. The highest BCUT2D eigenvalue weighted by molar-refractivity contribution is 9.10. The third kappa shape index (κ3) is 4.62. The van der Waals surface area contributed by atoms with Gasteiger partial charge in [-0.25, -0.2) is 0 Å². The number of unbranched alkanes of at least 4 members (excludes halogenated alkanes) is 1. The minimum absolute atomic E-state index is 0.359. The van der Waals surface area contributed by atoms with Gasteiger partial charge in [-0.2, -0.15) is 0 Å². The van der Waals surface area contributed by atoms with Gasteiger partial charge in [0, 0.05) is 10.9 Å². The quantitative estimate of drug-likeness (QED) is 0.644. The van der Waals surface area contributed by atoms with Crippen LogP contribution in [-0.2, 0) is 11.2 Å². The molecule has 1 N–H and O–H groups in total. The molecule has 0 saturated heterocycles. The summed E-state index contributed by atoms with van der Waals surface area (Å²) >= 11 is 3.43. The van der Waals surface area contributed by atoms with Gasteiger partial charge in [0.1, 0.15) is 0 Å². The van der Waals surface area contributed by atoms with Crippen molar-refractivity contribution in [3.05, 3.63) is 34.3 Å². The van der Waals surface area contributed by atoms with Gasteiger partial charge in [0.15, 0.2) is 0 Å². The Morgan fingerprint density at radius 2 is 2.18 bits per heavy atom. The molecule has 0 amide bonds. The fourth-order valence-corrected chi connectivity index (χ4v) is 2.14. The molecule has 1 aromatic rings. The van der Waals surface area contributed by atoms with Crippen LogP contribution in [0.5, 0.6) is 0 Å². The van der Waals surface area contributed by atoms with Crippen LogP contribution in [0.1, 0.15) is 24.8 Å². The SMILES string of the molecule is C#CCCCC(Cc1ccccc1Br)C(=O)O. The van der Waals surface area contributed by atoms with Crippen LogP contribution < -0.4 is 0 Å². The second-order valence-electron chi connectivity index (χ2n) is 3.93. The maximum atomic E-state index is 11.1. The number of benzene rings is 1. The predicted molar refractivity (Wildman–Crippen MR) is 71.7 cm³/mol. The first-order valence-corrected chi connectivity index (χ1v) is 6.34. The van der Waals surface area contributed by atoms with E-state index in [1.54, 1.807) is 0 Å². The van der Waals surface area contributed by atoms with Crippen molar-refractivity contribution in [1.82, 2.24) is 0 Å². The number of carboxylic acid groups (broad SMARTS) is 1. The number of aliphatic carboxylic acids is 1. The first kappa shape index (κ1) is 13.8. The number of hydrogen-bond acceptors (Lipinski definition) is 1. The van der Waals surface area contributed by atoms with Gasteiger partial charge in [-0.05, 0) is 30.9 Å². The van der Waals surface area contributed by atoms with Crippen molar-refractivity contribution in [2.24, 2.45) is 5.92 Å². The van der Waals surface area contributed by atoms with Gasteiger partial charge in [0.2, 0.25) is 0 Å². The molecule has 0 radical (unpaired) electrons. The monoisotopic (exact) mass is 294 g/mol. The van der Waals surface area contributed by atoms with Crippen molar-refractivity contribution in [3.63, 3.8) is 0 Å². The molecule has 0 aliphatic rings. The lowest BCUT2D eigenvalue weighted by Crippen LogP contribution is -2.16. The average molecular weight is 295 g/mol. The van der Waals surface area contributed by atoms with Crippen LogP contribution >= 0.6 is 15.9 Å². The van der Waals surface area contributed by atoms with Gasteiger partial charge in [0.25, 0.3) is 0 Å². The van der Waals surface area contributed by atoms with Gasteiger partial charge in [0.05, 0.1) is 5.92 Å². The van der Waals surface area contributed by atoms with Gasteiger partial charge in [-0.3, -0.25) is 4.79 Å². The largest absolute Gasteiger partial charge is 0.481 e. The van der Waals surface area contributed by atoms with Gasteiger partial charge >= 0.3 is 5.97 Å². The van der Waals surface area contributed by atoms with E-state index in [0.29, 0.717) is 19.3 Å². The molecule has 0 fully saturated rings. The highest BCUT2D eigenvalue weighted by Gasteiger charge is 2.18. The topological polar surface area (TPSA) is 37.3 Å². The molecule has 1 atom stereocenters. The smallest absolute Gasteiger partial charge is 0.306 e. The molecule has 1 rings (SSSR count). The van der Waals surface area contributed by atoms with E-state index in [1.165, 1.54) is 0 Å². The normalized spacial score (nSPS) is 11.8. The summed E-state index contributed by atoms with van der Waals surface area (Å²) < 4.78 is 0.961. The Hall–Kier alpha value is -1.27. The van der Waals surface area contributed by atoms with Crippen molar-refractivity contribution in [1.29, 1.82) is 0 Å². The zero-order chi connectivity index (χ0) is 12.7. The zero-order valence-electron chi connectivity index (χ0n) is 9.53. The molecule has 90 valence electrons. The van der Waals surface area contributed by atoms with Crippen molar-refractivity contribution >= 4 is 21.9 Å². The van der Waals surface area contributed by atoms with Crippen LogP contribution in [0.3, 0.4) is 0 Å². The Kier molecular flexibility index (Phi) is 5.79. The minimum atomic E-state index is -0.752. The van der Waals surface area contributed by atoms with Crippen molar-refractivity contribution in [2.75, 3.05) is 0 Å². The van der Waals surface area contributed by atoms with E-state index in [2.05, 4.69) is 21.9 Å². The molecule has 3 heteroatoms. The molecule has 0 aliphatic heterocycles. The summed E-state index contributed by atoms with van der Waals surface area (Å²) in [6.45, 7) is 0. The summed E-state index contributed by atoms with van der Waals surface area (Å²) in [4.78, 5) is 11.1. The maximum absolute atomic E-state index is 11.1. The van der Waals surface area contributed by atoms with Crippen LogP contribution in [0.15, 0.2) is 28.7 Å². The molecular weight excluding hydrogens is 280 g/mol. The summed E-state index contributed by atoms with van der Waals surface area (Å²) in [5.41, 5.74) is 1.03. The maximum Gasteiger partial charge on any atom is 0.306 e. The Balaban J connectivity index is 2.64. The van der Waals surface area contributed by atoms with Crippen LogP contribution in [0, 0.1) is 18.3 Å². The molecule has 0 heterocycles. The number of halogens is 1. The number of carbonyl (C=O) groups is 1. The van der Waals surface area contributed by atoms with E-state index >= 15 is 0 Å². The molecule has 0 aliphatic carbocycles. The van der Waals surface area contributed by atoms with E-state index in [1.807, 2.05) is 24.3 Å². The van der Waals surface area contributed by atoms with Crippen LogP contribution in [-0.4, -0.2) is 11.1 Å². The molecule has 1 unspecified atom stereocenters. The highest BCUT2D eigenvalue weighted by Crippen LogP contribution is 2.22. The lowest BCUT2D eigenvalue weighted by atomic mass is 9.94. The molecular formula is C14H15BrO2. The Labute approximate surface area is 110 Å². The molecule has 0 spiro atoms. The number of carboxylic acids is 1. The molecule has 0 aromatic heterocycles. The first-order chi connectivity index (χ1) is 8.15. The van der Waals surface area contributed by atoms with Crippen LogP contribution in [0.25, 0.3) is 0 Å². The van der Waals surface area contributed by atoms with Gasteiger partial charge in [-0.1, -0.05) is 34.1 Å². The predicted octanol–water partition coefficient (Wildman–Crippen LogP) is 3.50. The molecule has 0 bridgehead atoms. The molecule has 17 heavy (non-hydrogen) atoms. The number of hydrogen-bond donors (Lipinski definition) is 1. The molecule has 2 nitrogen and oxygen atoms in total. The second kappa shape index (κ2) is 7.13. The Morgan fingerprint density at radius 1 is 1.47 bits per heavy atom. The van der Waals surface area contributed by atoms with E-state index in [0.717, 1.165) is 16.5 Å². The molecule has 0 saturated carbocycles. The second-order valence-corrected chi connectivity index (χ2v) is 4.78. The van der Waals surface area contributed by atoms with E-state index in [-0.39, 0.29) is 5.92 Å². The van der Waals surface area contributed by atoms with Gasteiger partial charge < -0.3 is 5.11 Å². The summed E-state index contributed by atoms with van der Waals surface area (Å²) in [5.74, 6) is 1.42. The Bertz CT molecular complexity index is 420. The summed E-state index contributed by atoms with van der Waals surface area (Å²) in [6, 6.07) is 7.71. The minimum Gasteiger partial charge on any atom is -0.481 e. The third-order valence-electron chi connectivity index (χ3n) is 2.65. The number of rotatable bonds is 6. The van der Waals surface area contributed by atoms with Crippen LogP contribution in [0.4, 0.5) is 0 Å². The van der Waals surface area contributed by atoms with Crippen molar-refractivity contribution < 1.29 is 9.90 Å². The standard InChI is InChI=1S/C14H15BrO2/c1-2-3-4-8-12(14(16)17)10-11-7-5-6-9-13(11)15/h1,5-7,9,12H,3-4,8,10H2,(H,16,17). The fourth-order valence-electron chi connectivity index (χ4n) is 1.69. The summed E-state index contributed by atoms with van der Waals surface area (Å²) in [6.07, 6.45) is 7.73. The van der Waals surface area contributed by atoms with Crippen LogP contribution in [0.2, 0.25) is 0 Å².